The molecule has 47 heavy (non-hydrogen) atoms. The highest BCUT2D eigenvalue weighted by Crippen LogP contribution is 2.20. The van der Waals surface area contributed by atoms with E-state index in [4.69, 9.17) is 11.6 Å². The molecule has 0 radical (unpaired) electrons. The van der Waals surface area contributed by atoms with E-state index in [1.807, 2.05) is 42.5 Å². The number of H-pyrrole nitrogens is 2. The largest absolute Gasteiger partial charge is 0.394 e. The van der Waals surface area contributed by atoms with E-state index >= 15 is 0 Å². The minimum absolute atomic E-state index is 0.179. The molecule has 6 aromatic rings. The molecule has 0 aliphatic rings. The summed E-state index contributed by atoms with van der Waals surface area (Å²) in [6.45, 7) is -0.418. The maximum Gasteiger partial charge on any atom is 0.269 e. The van der Waals surface area contributed by atoms with E-state index in [1.54, 1.807) is 73.3 Å². The van der Waals surface area contributed by atoms with E-state index in [9.17, 15) is 19.8 Å². The van der Waals surface area contributed by atoms with Crippen molar-refractivity contribution in [2.75, 3.05) is 13.2 Å². The number of hydrogen-bond donors (Lipinski definition) is 6. The molecule has 12 nitrogen and oxygen atoms in total. The maximum absolute atomic E-state index is 12.4. The van der Waals surface area contributed by atoms with Crippen LogP contribution in [0.15, 0.2) is 116 Å². The van der Waals surface area contributed by atoms with Crippen molar-refractivity contribution >= 4 is 23.4 Å². The number of rotatable bonds is 10. The predicted molar refractivity (Wildman–Crippen MR) is 176 cm³/mol. The van der Waals surface area contributed by atoms with Crippen LogP contribution in [0.5, 0.6) is 0 Å². The summed E-state index contributed by atoms with van der Waals surface area (Å²) in [6.07, 6.45) is 6.65. The van der Waals surface area contributed by atoms with Crippen LogP contribution in [0.25, 0.3) is 22.5 Å². The van der Waals surface area contributed by atoms with E-state index in [0.717, 1.165) is 22.3 Å². The molecule has 6 rings (SSSR count). The average Bonchev–Trinajstić information content (AvgIpc) is 3.83. The van der Waals surface area contributed by atoms with Crippen LogP contribution in [0.4, 0.5) is 0 Å². The van der Waals surface area contributed by atoms with Gasteiger partial charge in [0.2, 0.25) is 0 Å². The molecule has 0 aliphatic carbocycles. The van der Waals surface area contributed by atoms with E-state index in [-0.39, 0.29) is 25.0 Å². The quantitative estimate of drug-likeness (QED) is 0.125. The molecule has 2 aromatic carbocycles. The number of aromatic amines is 2. The lowest BCUT2D eigenvalue weighted by atomic mass is 10.1. The van der Waals surface area contributed by atoms with Gasteiger partial charge < -0.3 is 20.8 Å². The van der Waals surface area contributed by atoms with E-state index in [1.165, 1.54) is 0 Å². The molecule has 2 atom stereocenters. The van der Waals surface area contributed by atoms with E-state index in [0.29, 0.717) is 27.8 Å². The second-order valence-electron chi connectivity index (χ2n) is 10.2. The Kier molecular flexibility index (Phi) is 11.2. The van der Waals surface area contributed by atoms with Crippen LogP contribution in [0, 0.1) is 0 Å². The summed E-state index contributed by atoms with van der Waals surface area (Å²) >= 11 is 5.95. The van der Waals surface area contributed by atoms with Gasteiger partial charge in [0.05, 0.1) is 36.7 Å². The second kappa shape index (κ2) is 16.0. The molecule has 2 amide bonds. The number of nitrogens with zero attached hydrogens (tertiary/aromatic N) is 4. The Balaban J connectivity index is 0.000000185. The van der Waals surface area contributed by atoms with Gasteiger partial charge in [0.25, 0.3) is 11.8 Å². The fraction of sp³-hybridized carbons (Fsp3) is 0.118. The van der Waals surface area contributed by atoms with Crippen LogP contribution in [0.3, 0.4) is 0 Å². The first-order valence-corrected chi connectivity index (χ1v) is 14.9. The van der Waals surface area contributed by atoms with Gasteiger partial charge in [-0.1, -0.05) is 54.1 Å². The van der Waals surface area contributed by atoms with Crippen molar-refractivity contribution in [2.24, 2.45) is 0 Å². The topological polar surface area (TPSA) is 182 Å². The molecule has 13 heteroatoms. The number of aromatic nitrogens is 6. The van der Waals surface area contributed by atoms with Gasteiger partial charge in [-0.3, -0.25) is 29.8 Å². The summed E-state index contributed by atoms with van der Waals surface area (Å²) in [5, 5.41) is 38.9. The van der Waals surface area contributed by atoms with Gasteiger partial charge in [0.1, 0.15) is 11.4 Å². The van der Waals surface area contributed by atoms with Crippen LogP contribution >= 0.6 is 11.6 Å². The number of aliphatic hydroxyl groups excluding tert-OH is 2. The number of amides is 2. The Bertz CT molecular complexity index is 1880. The zero-order valence-electron chi connectivity index (χ0n) is 24.9. The SMILES string of the molecule is O=C(N[C@H](CO)c1cccc(Cl)c1)c1cc(-c2ccncc2)n[nH]1.O=C(N[C@H](CO)c1ccccc1)c1cc(-c2ccncc2)n[nH]1. The average molecular weight is 651 g/mol. The lowest BCUT2D eigenvalue weighted by molar-refractivity contribution is 0.0904. The summed E-state index contributed by atoms with van der Waals surface area (Å²) < 4.78 is 0. The van der Waals surface area contributed by atoms with Crippen LogP contribution < -0.4 is 10.6 Å². The summed E-state index contributed by atoms with van der Waals surface area (Å²) in [5.41, 5.74) is 5.26. The van der Waals surface area contributed by atoms with E-state index in [2.05, 4.69) is 41.0 Å². The van der Waals surface area contributed by atoms with Gasteiger partial charge in [-0.05, 0) is 59.7 Å². The number of carbonyl (C=O) groups excluding carboxylic acids is 2. The number of nitrogens with one attached hydrogen (secondary N) is 4. The van der Waals surface area contributed by atoms with Crippen molar-refractivity contribution in [1.82, 2.24) is 41.0 Å². The molecule has 0 unspecified atom stereocenters. The molecular weight excluding hydrogens is 620 g/mol. The second-order valence-corrected chi connectivity index (χ2v) is 10.6. The number of carbonyl (C=O) groups is 2. The zero-order chi connectivity index (χ0) is 33.0. The van der Waals surface area contributed by atoms with E-state index < -0.39 is 12.1 Å². The van der Waals surface area contributed by atoms with Crippen molar-refractivity contribution in [3.63, 3.8) is 0 Å². The Hall–Kier alpha value is -5.69. The monoisotopic (exact) mass is 650 g/mol. The number of hydrogen-bond acceptors (Lipinski definition) is 8. The van der Waals surface area contributed by atoms with Crippen molar-refractivity contribution < 1.29 is 19.8 Å². The Labute approximate surface area is 274 Å². The number of pyridine rings is 2. The normalized spacial score (nSPS) is 11.9. The molecule has 0 bridgehead atoms. The minimum atomic E-state index is -0.552. The molecule has 0 saturated heterocycles. The highest BCUT2D eigenvalue weighted by atomic mass is 35.5. The fourth-order valence-corrected chi connectivity index (χ4v) is 4.77. The zero-order valence-corrected chi connectivity index (χ0v) is 25.7. The molecule has 4 aromatic heterocycles. The first-order chi connectivity index (χ1) is 22.9. The molecular formula is C34H31ClN8O4. The highest BCUT2D eigenvalue weighted by molar-refractivity contribution is 6.30. The summed E-state index contributed by atoms with van der Waals surface area (Å²) in [7, 11) is 0. The van der Waals surface area contributed by atoms with Crippen molar-refractivity contribution in [3.05, 3.63) is 143 Å². The Morgan fingerprint density at radius 3 is 1.57 bits per heavy atom. The molecule has 0 spiro atoms. The van der Waals surface area contributed by atoms with Crippen LogP contribution in [-0.4, -0.2) is 65.6 Å². The fourth-order valence-electron chi connectivity index (χ4n) is 4.57. The molecule has 4 heterocycles. The van der Waals surface area contributed by atoms with Gasteiger partial charge in [-0.15, -0.1) is 0 Å². The first-order valence-electron chi connectivity index (χ1n) is 14.5. The third-order valence-electron chi connectivity index (χ3n) is 7.03. The number of benzene rings is 2. The highest BCUT2D eigenvalue weighted by Gasteiger charge is 2.18. The first kappa shape index (κ1) is 32.7. The van der Waals surface area contributed by atoms with Crippen molar-refractivity contribution in [1.29, 1.82) is 0 Å². The van der Waals surface area contributed by atoms with Gasteiger partial charge >= 0.3 is 0 Å². The van der Waals surface area contributed by atoms with Crippen LogP contribution in [-0.2, 0) is 0 Å². The smallest absolute Gasteiger partial charge is 0.269 e. The van der Waals surface area contributed by atoms with Crippen molar-refractivity contribution in [3.8, 4) is 22.5 Å². The third kappa shape index (κ3) is 8.73. The minimum Gasteiger partial charge on any atom is -0.394 e. The molecule has 0 saturated carbocycles. The lowest BCUT2D eigenvalue weighted by Crippen LogP contribution is -2.31. The molecule has 6 N–H and O–H groups in total. The standard InChI is InChI=1S/C17H15ClN4O2.C17H16N4O2/c18-13-3-1-2-12(8-13)16(10-23)20-17(24)15-9-14(21-22-15)11-4-6-19-7-5-11;22-11-16(12-4-2-1-3-5-12)19-17(23)15-10-14(20-21-15)13-6-8-18-9-7-13/h1-9,16,23H,10H2,(H,20,24)(H,21,22);1-10,16,22H,11H2,(H,19,23)(H,20,21)/t2*16-/m11/s1. The summed E-state index contributed by atoms with van der Waals surface area (Å²) in [4.78, 5) is 32.6. The van der Waals surface area contributed by atoms with Crippen LogP contribution in [0.2, 0.25) is 5.02 Å². The van der Waals surface area contributed by atoms with Crippen molar-refractivity contribution in [2.45, 2.75) is 12.1 Å². The Morgan fingerprint density at radius 2 is 1.11 bits per heavy atom. The predicted octanol–water partition coefficient (Wildman–Crippen LogP) is 4.52. The Morgan fingerprint density at radius 1 is 0.638 bits per heavy atom. The third-order valence-corrected chi connectivity index (χ3v) is 7.26. The molecule has 0 aliphatic heterocycles. The van der Waals surface area contributed by atoms with Gasteiger partial charge in [0.15, 0.2) is 0 Å². The maximum atomic E-state index is 12.4. The van der Waals surface area contributed by atoms with Crippen LogP contribution in [0.1, 0.15) is 44.2 Å². The molecule has 238 valence electrons. The van der Waals surface area contributed by atoms with Gasteiger partial charge in [-0.2, -0.15) is 10.2 Å². The lowest BCUT2D eigenvalue weighted by Gasteiger charge is -2.16. The van der Waals surface area contributed by atoms with Gasteiger partial charge in [-0.25, -0.2) is 0 Å². The number of aliphatic hydroxyl groups is 2. The number of halogens is 1. The van der Waals surface area contributed by atoms with Gasteiger partial charge in [0, 0.05) is 40.9 Å². The molecule has 0 fully saturated rings. The summed E-state index contributed by atoms with van der Waals surface area (Å²) in [5.74, 6) is -0.678. The summed E-state index contributed by atoms with van der Waals surface area (Å²) in [6, 6.07) is 25.9.